The molecule has 0 radical (unpaired) electrons. The van der Waals surface area contributed by atoms with Crippen LogP contribution >= 0.6 is 0 Å². The van der Waals surface area contributed by atoms with E-state index in [0.717, 1.165) is 22.8 Å². The predicted molar refractivity (Wildman–Crippen MR) is 238 cm³/mol. The summed E-state index contributed by atoms with van der Waals surface area (Å²) in [5.41, 5.74) is 12.9. The van der Waals surface area contributed by atoms with E-state index in [1.165, 1.54) is 59.7 Å². The van der Waals surface area contributed by atoms with Gasteiger partial charge >= 0.3 is 0 Å². The SMILES string of the molecule is c1ccc(-c2ccc(N(c3ccc(-c4ccccc4)cc3)c3ccc(-c4cccc([Si]5(c6ccccc6)c6ccccc6-c6ncccc65)c4)cc3)cc2)cc1. The van der Waals surface area contributed by atoms with Crippen molar-refractivity contribution in [3.8, 4) is 44.6 Å². The van der Waals surface area contributed by atoms with Crippen LogP contribution in [0.2, 0.25) is 0 Å². The maximum Gasteiger partial charge on any atom is 0.182 e. The van der Waals surface area contributed by atoms with E-state index < -0.39 is 8.07 Å². The molecule has 0 saturated heterocycles. The number of anilines is 3. The van der Waals surface area contributed by atoms with E-state index >= 15 is 0 Å². The highest BCUT2D eigenvalue weighted by Crippen LogP contribution is 2.38. The van der Waals surface area contributed by atoms with Crippen LogP contribution in [0.25, 0.3) is 44.6 Å². The summed E-state index contributed by atoms with van der Waals surface area (Å²) in [6, 6.07) is 81.7. The van der Waals surface area contributed by atoms with E-state index in [-0.39, 0.29) is 0 Å². The third-order valence-corrected chi connectivity index (χ3v) is 16.1. The molecule has 8 aromatic carbocycles. The van der Waals surface area contributed by atoms with Crippen LogP contribution in [0.4, 0.5) is 17.1 Å². The van der Waals surface area contributed by atoms with Crippen molar-refractivity contribution in [1.82, 2.24) is 4.98 Å². The number of aromatic nitrogens is 1. The Morgan fingerprint density at radius 2 is 0.750 bits per heavy atom. The molecule has 56 heavy (non-hydrogen) atoms. The van der Waals surface area contributed by atoms with E-state index in [1.54, 1.807) is 0 Å². The number of fused-ring (bicyclic) bond motifs is 3. The minimum absolute atomic E-state index is 1.10. The van der Waals surface area contributed by atoms with Crippen LogP contribution in [0.5, 0.6) is 0 Å². The summed E-state index contributed by atoms with van der Waals surface area (Å²) in [5, 5.41) is 5.49. The zero-order valence-corrected chi connectivity index (χ0v) is 31.8. The maximum absolute atomic E-state index is 4.97. The Balaban J connectivity index is 1.05. The second-order valence-corrected chi connectivity index (χ2v) is 18.1. The molecule has 0 N–H and O–H groups in total. The molecule has 2 heterocycles. The molecule has 1 aliphatic heterocycles. The molecule has 3 heteroatoms. The van der Waals surface area contributed by atoms with Gasteiger partial charge in [-0.3, -0.25) is 4.98 Å². The van der Waals surface area contributed by atoms with Crippen molar-refractivity contribution in [2.45, 2.75) is 0 Å². The molecule has 0 bridgehead atoms. The van der Waals surface area contributed by atoms with Gasteiger partial charge in [0, 0.05) is 28.8 Å². The van der Waals surface area contributed by atoms with Crippen LogP contribution in [0.3, 0.4) is 0 Å². The van der Waals surface area contributed by atoms with Crippen molar-refractivity contribution in [2.24, 2.45) is 0 Å². The molecule has 0 spiro atoms. The maximum atomic E-state index is 4.97. The van der Waals surface area contributed by atoms with Crippen molar-refractivity contribution in [2.75, 3.05) is 4.90 Å². The average molecular weight is 731 g/mol. The molecular formula is C53H38N2Si. The standard InChI is InChI=1S/C53H38N2Si/c1-4-14-39(15-5-1)41-25-31-45(32-26-41)55(46-33-27-42(28-34-46)40-16-6-2-7-17-40)47-35-29-43(30-36-47)44-18-12-21-49(38-44)56(48-19-8-3-9-20-48)51-23-11-10-22-50(51)53-52(56)24-13-37-54-53/h1-38H. The zero-order chi connectivity index (χ0) is 37.3. The Hall–Kier alpha value is -7.07. The first kappa shape index (κ1) is 33.5. The summed E-state index contributed by atoms with van der Waals surface area (Å²) < 4.78 is 0. The fourth-order valence-corrected chi connectivity index (χ4v) is 13.7. The highest BCUT2D eigenvalue weighted by Gasteiger charge is 2.49. The van der Waals surface area contributed by atoms with Gasteiger partial charge in [0.1, 0.15) is 0 Å². The fourth-order valence-electron chi connectivity index (χ4n) is 8.61. The van der Waals surface area contributed by atoms with Gasteiger partial charge in [0.15, 0.2) is 8.07 Å². The Morgan fingerprint density at radius 3 is 1.32 bits per heavy atom. The minimum atomic E-state index is -2.64. The molecule has 9 aromatic rings. The van der Waals surface area contributed by atoms with Crippen molar-refractivity contribution in [3.05, 3.63) is 231 Å². The van der Waals surface area contributed by atoms with Crippen molar-refractivity contribution >= 4 is 45.9 Å². The molecular weight excluding hydrogens is 693 g/mol. The van der Waals surface area contributed by atoms with Crippen molar-refractivity contribution in [3.63, 3.8) is 0 Å². The zero-order valence-electron chi connectivity index (χ0n) is 30.8. The van der Waals surface area contributed by atoms with Gasteiger partial charge in [-0.2, -0.15) is 0 Å². The Labute approximate surface area is 329 Å². The van der Waals surface area contributed by atoms with Gasteiger partial charge in [-0.15, -0.1) is 0 Å². The molecule has 1 aromatic heterocycles. The molecule has 1 aliphatic rings. The minimum Gasteiger partial charge on any atom is -0.311 e. The highest BCUT2D eigenvalue weighted by atomic mass is 28.3. The third-order valence-electron chi connectivity index (χ3n) is 11.2. The lowest BCUT2D eigenvalue weighted by atomic mass is 10.0. The lowest BCUT2D eigenvalue weighted by molar-refractivity contribution is 1.28. The number of nitrogens with zero attached hydrogens (tertiary/aromatic N) is 2. The summed E-state index contributed by atoms with van der Waals surface area (Å²) in [6.45, 7) is 0. The molecule has 0 aliphatic carbocycles. The van der Waals surface area contributed by atoms with Crippen molar-refractivity contribution in [1.29, 1.82) is 0 Å². The van der Waals surface area contributed by atoms with E-state index in [4.69, 9.17) is 4.98 Å². The topological polar surface area (TPSA) is 16.1 Å². The molecule has 2 nitrogen and oxygen atoms in total. The van der Waals surface area contributed by atoms with E-state index in [2.05, 4.69) is 229 Å². The number of rotatable bonds is 8. The van der Waals surface area contributed by atoms with Gasteiger partial charge in [0.2, 0.25) is 0 Å². The second kappa shape index (κ2) is 14.3. The largest absolute Gasteiger partial charge is 0.311 e. The smallest absolute Gasteiger partial charge is 0.182 e. The Kier molecular flexibility index (Phi) is 8.55. The lowest BCUT2D eigenvalue weighted by Crippen LogP contribution is -2.72. The van der Waals surface area contributed by atoms with Gasteiger partial charge in [-0.05, 0) is 96.6 Å². The Morgan fingerprint density at radius 1 is 0.321 bits per heavy atom. The summed E-state index contributed by atoms with van der Waals surface area (Å²) in [5.74, 6) is 0. The first-order valence-corrected chi connectivity index (χ1v) is 21.2. The fraction of sp³-hybridized carbons (Fsp3) is 0. The average Bonchev–Trinajstić information content (AvgIpc) is 3.59. The summed E-state index contributed by atoms with van der Waals surface area (Å²) in [4.78, 5) is 7.32. The highest BCUT2D eigenvalue weighted by molar-refractivity contribution is 7.22. The van der Waals surface area contributed by atoms with Gasteiger partial charge in [-0.1, -0.05) is 182 Å². The van der Waals surface area contributed by atoms with E-state index in [9.17, 15) is 0 Å². The molecule has 1 unspecified atom stereocenters. The molecule has 1 atom stereocenters. The summed E-state index contributed by atoms with van der Waals surface area (Å²) in [7, 11) is -2.64. The summed E-state index contributed by atoms with van der Waals surface area (Å²) in [6.07, 6.45) is 1.93. The number of hydrogen-bond acceptors (Lipinski definition) is 2. The van der Waals surface area contributed by atoms with Crippen molar-refractivity contribution < 1.29 is 0 Å². The van der Waals surface area contributed by atoms with Crippen LogP contribution in [0, 0.1) is 0 Å². The number of benzene rings is 8. The van der Waals surface area contributed by atoms with E-state index in [0.29, 0.717) is 0 Å². The Bertz CT molecular complexity index is 2640. The first-order valence-electron chi connectivity index (χ1n) is 19.2. The monoisotopic (exact) mass is 730 g/mol. The van der Waals surface area contributed by atoms with Crippen LogP contribution in [-0.2, 0) is 0 Å². The van der Waals surface area contributed by atoms with Gasteiger partial charge in [0.25, 0.3) is 0 Å². The quantitative estimate of drug-likeness (QED) is 0.145. The third kappa shape index (κ3) is 5.77. The normalized spacial score (nSPS) is 14.1. The van der Waals surface area contributed by atoms with Crippen LogP contribution in [-0.4, -0.2) is 13.1 Å². The van der Waals surface area contributed by atoms with Crippen LogP contribution < -0.4 is 25.6 Å². The lowest BCUT2D eigenvalue weighted by Gasteiger charge is -2.31. The number of hydrogen-bond donors (Lipinski definition) is 0. The molecule has 10 rings (SSSR count). The van der Waals surface area contributed by atoms with Crippen LogP contribution in [0.1, 0.15) is 0 Å². The second-order valence-electron chi connectivity index (χ2n) is 14.4. The van der Waals surface area contributed by atoms with Gasteiger partial charge in [-0.25, -0.2) is 0 Å². The van der Waals surface area contributed by atoms with Gasteiger partial charge in [0.05, 0.1) is 5.69 Å². The molecule has 0 amide bonds. The molecule has 264 valence electrons. The van der Waals surface area contributed by atoms with E-state index in [1.807, 2.05) is 6.20 Å². The first-order chi connectivity index (χ1) is 27.8. The number of pyridine rings is 1. The predicted octanol–water partition coefficient (Wildman–Crippen LogP) is 10.9. The van der Waals surface area contributed by atoms with Crippen LogP contribution in [0.15, 0.2) is 231 Å². The summed E-state index contributed by atoms with van der Waals surface area (Å²) >= 11 is 0. The van der Waals surface area contributed by atoms with Gasteiger partial charge < -0.3 is 4.90 Å². The molecule has 0 fully saturated rings. The molecule has 0 saturated carbocycles.